The number of hydrogen-bond donors (Lipinski definition) is 1. The standard InChI is InChI=1S/C16H22ClN/c1-15(2,3)13-12-10(17)8-7-9-11(12)18-14(13)16(4,5)6/h7-9,18H,1-6H3. The quantitative estimate of drug-likeness (QED) is 0.654. The Bertz CT molecular complexity index is 579. The van der Waals surface area contributed by atoms with Crippen molar-refractivity contribution in [3.8, 4) is 0 Å². The molecular formula is C16H22ClN. The largest absolute Gasteiger partial charge is 0.358 e. The zero-order valence-corrected chi connectivity index (χ0v) is 12.9. The Morgan fingerprint density at radius 1 is 0.944 bits per heavy atom. The minimum absolute atomic E-state index is 0.0753. The zero-order valence-electron chi connectivity index (χ0n) is 12.1. The number of rotatable bonds is 0. The summed E-state index contributed by atoms with van der Waals surface area (Å²) in [5, 5.41) is 2.01. The second-order valence-corrected chi connectivity index (χ2v) is 7.44. The molecule has 0 aliphatic heterocycles. The number of H-pyrrole nitrogens is 1. The normalized spacial score (nSPS) is 13.3. The lowest BCUT2D eigenvalue weighted by atomic mass is 9.78. The molecule has 2 heteroatoms. The molecule has 1 nitrogen and oxygen atoms in total. The van der Waals surface area contributed by atoms with Gasteiger partial charge in [-0.1, -0.05) is 59.2 Å². The van der Waals surface area contributed by atoms with Gasteiger partial charge < -0.3 is 4.98 Å². The molecule has 1 aromatic heterocycles. The van der Waals surface area contributed by atoms with Crippen LogP contribution in [0.4, 0.5) is 0 Å². The van der Waals surface area contributed by atoms with Gasteiger partial charge in [0.1, 0.15) is 0 Å². The van der Waals surface area contributed by atoms with Gasteiger partial charge in [0, 0.05) is 22.0 Å². The number of benzene rings is 1. The predicted octanol–water partition coefficient (Wildman–Crippen LogP) is 5.42. The average Bonchev–Trinajstić information content (AvgIpc) is 2.56. The molecule has 0 saturated heterocycles. The molecule has 0 unspecified atom stereocenters. The van der Waals surface area contributed by atoms with Gasteiger partial charge in [0.15, 0.2) is 0 Å². The van der Waals surface area contributed by atoms with Crippen molar-refractivity contribution in [3.63, 3.8) is 0 Å². The fourth-order valence-corrected chi connectivity index (χ4v) is 2.79. The van der Waals surface area contributed by atoms with E-state index < -0.39 is 0 Å². The maximum atomic E-state index is 6.41. The van der Waals surface area contributed by atoms with Crippen LogP contribution in [0, 0.1) is 0 Å². The first kappa shape index (κ1) is 13.5. The van der Waals surface area contributed by atoms with Crippen molar-refractivity contribution in [2.24, 2.45) is 0 Å². The topological polar surface area (TPSA) is 15.8 Å². The first-order chi connectivity index (χ1) is 8.12. The SMILES string of the molecule is CC(C)(C)c1[nH]c2cccc(Cl)c2c1C(C)(C)C. The molecule has 0 saturated carbocycles. The van der Waals surface area contributed by atoms with Crippen molar-refractivity contribution in [2.45, 2.75) is 52.4 Å². The molecule has 0 aliphatic carbocycles. The Balaban J connectivity index is 2.92. The highest BCUT2D eigenvalue weighted by Crippen LogP contribution is 2.41. The van der Waals surface area contributed by atoms with Gasteiger partial charge >= 0.3 is 0 Å². The molecule has 0 bridgehead atoms. The summed E-state index contributed by atoms with van der Waals surface area (Å²) < 4.78 is 0. The Labute approximate surface area is 115 Å². The van der Waals surface area contributed by atoms with E-state index in [1.54, 1.807) is 0 Å². The number of hydrogen-bond acceptors (Lipinski definition) is 0. The molecule has 1 aromatic carbocycles. The van der Waals surface area contributed by atoms with Crippen molar-refractivity contribution in [1.29, 1.82) is 0 Å². The Morgan fingerprint density at radius 2 is 1.56 bits per heavy atom. The number of aromatic nitrogens is 1. The average molecular weight is 264 g/mol. The summed E-state index contributed by atoms with van der Waals surface area (Å²) in [7, 11) is 0. The molecule has 0 spiro atoms. The molecule has 0 fully saturated rings. The summed E-state index contributed by atoms with van der Waals surface area (Å²) in [6.07, 6.45) is 0. The van der Waals surface area contributed by atoms with E-state index in [0.29, 0.717) is 0 Å². The summed E-state index contributed by atoms with van der Waals surface area (Å²) in [5.41, 5.74) is 3.93. The molecule has 1 heterocycles. The number of fused-ring (bicyclic) bond motifs is 1. The second kappa shape index (κ2) is 4.03. The molecule has 2 rings (SSSR count). The van der Waals surface area contributed by atoms with Gasteiger partial charge in [-0.25, -0.2) is 0 Å². The van der Waals surface area contributed by atoms with Crippen LogP contribution in [-0.4, -0.2) is 4.98 Å². The van der Waals surface area contributed by atoms with Crippen LogP contribution in [0.1, 0.15) is 52.8 Å². The minimum atomic E-state index is 0.0753. The first-order valence-electron chi connectivity index (χ1n) is 6.43. The number of aromatic amines is 1. The van der Waals surface area contributed by atoms with Crippen molar-refractivity contribution >= 4 is 22.5 Å². The summed E-state index contributed by atoms with van der Waals surface area (Å²) in [6.45, 7) is 13.4. The van der Waals surface area contributed by atoms with Gasteiger partial charge in [-0.3, -0.25) is 0 Å². The van der Waals surface area contributed by atoms with Gasteiger partial charge in [0.2, 0.25) is 0 Å². The third-order valence-corrected chi connectivity index (χ3v) is 3.59. The van der Waals surface area contributed by atoms with E-state index in [4.69, 9.17) is 11.6 Å². The third-order valence-electron chi connectivity index (χ3n) is 3.27. The lowest BCUT2D eigenvalue weighted by Crippen LogP contribution is -2.21. The van der Waals surface area contributed by atoms with E-state index in [0.717, 1.165) is 10.5 Å². The molecule has 98 valence electrons. The molecule has 0 amide bonds. The lowest BCUT2D eigenvalue weighted by molar-refractivity contribution is 0.524. The lowest BCUT2D eigenvalue weighted by Gasteiger charge is -2.27. The van der Waals surface area contributed by atoms with Crippen LogP contribution in [0.5, 0.6) is 0 Å². The van der Waals surface area contributed by atoms with E-state index in [1.807, 2.05) is 12.1 Å². The molecule has 0 aliphatic rings. The maximum Gasteiger partial charge on any atom is 0.0502 e. The smallest absolute Gasteiger partial charge is 0.0502 e. The number of nitrogens with one attached hydrogen (secondary N) is 1. The first-order valence-corrected chi connectivity index (χ1v) is 6.81. The van der Waals surface area contributed by atoms with E-state index >= 15 is 0 Å². The molecule has 0 radical (unpaired) electrons. The van der Waals surface area contributed by atoms with E-state index in [1.165, 1.54) is 16.6 Å². The van der Waals surface area contributed by atoms with Gasteiger partial charge in [0.05, 0.1) is 5.02 Å². The van der Waals surface area contributed by atoms with Gasteiger partial charge in [-0.2, -0.15) is 0 Å². The minimum Gasteiger partial charge on any atom is -0.358 e. The van der Waals surface area contributed by atoms with Crippen molar-refractivity contribution in [3.05, 3.63) is 34.5 Å². The highest BCUT2D eigenvalue weighted by Gasteiger charge is 2.30. The molecular weight excluding hydrogens is 242 g/mol. The van der Waals surface area contributed by atoms with Crippen LogP contribution in [0.15, 0.2) is 18.2 Å². The summed E-state index contributed by atoms with van der Waals surface area (Å²) in [4.78, 5) is 3.57. The van der Waals surface area contributed by atoms with Gasteiger partial charge in [-0.15, -0.1) is 0 Å². The highest BCUT2D eigenvalue weighted by molar-refractivity contribution is 6.35. The van der Waals surface area contributed by atoms with E-state index in [2.05, 4.69) is 52.6 Å². The summed E-state index contributed by atoms with van der Waals surface area (Å²) in [6, 6.07) is 6.07. The van der Waals surface area contributed by atoms with Crippen molar-refractivity contribution in [1.82, 2.24) is 4.98 Å². The fourth-order valence-electron chi connectivity index (χ4n) is 2.52. The van der Waals surface area contributed by atoms with Crippen LogP contribution >= 0.6 is 11.6 Å². The Hall–Kier alpha value is -0.950. The maximum absolute atomic E-state index is 6.41. The molecule has 1 N–H and O–H groups in total. The molecule has 2 aromatic rings. The molecule has 18 heavy (non-hydrogen) atoms. The van der Waals surface area contributed by atoms with Crippen LogP contribution in [0.3, 0.4) is 0 Å². The van der Waals surface area contributed by atoms with Crippen LogP contribution in [0.25, 0.3) is 10.9 Å². The van der Waals surface area contributed by atoms with E-state index in [9.17, 15) is 0 Å². The zero-order chi connectivity index (χ0) is 13.7. The monoisotopic (exact) mass is 263 g/mol. The van der Waals surface area contributed by atoms with Crippen molar-refractivity contribution < 1.29 is 0 Å². The van der Waals surface area contributed by atoms with Gasteiger partial charge in [0.25, 0.3) is 0 Å². The second-order valence-electron chi connectivity index (χ2n) is 7.04. The predicted molar refractivity (Wildman–Crippen MR) is 80.7 cm³/mol. The highest BCUT2D eigenvalue weighted by atomic mass is 35.5. The third kappa shape index (κ3) is 2.16. The van der Waals surface area contributed by atoms with Crippen molar-refractivity contribution in [2.75, 3.05) is 0 Å². The van der Waals surface area contributed by atoms with Crippen LogP contribution in [0.2, 0.25) is 5.02 Å². The van der Waals surface area contributed by atoms with Crippen LogP contribution in [-0.2, 0) is 10.8 Å². The van der Waals surface area contributed by atoms with E-state index in [-0.39, 0.29) is 10.8 Å². The van der Waals surface area contributed by atoms with Crippen LogP contribution < -0.4 is 0 Å². The fraction of sp³-hybridized carbons (Fsp3) is 0.500. The Morgan fingerprint density at radius 3 is 2.06 bits per heavy atom. The Kier molecular flexibility index (Phi) is 3.02. The van der Waals surface area contributed by atoms with Gasteiger partial charge in [-0.05, 0) is 23.1 Å². The number of halogens is 1. The summed E-state index contributed by atoms with van der Waals surface area (Å²) in [5.74, 6) is 0. The molecule has 0 atom stereocenters. The summed E-state index contributed by atoms with van der Waals surface area (Å²) >= 11 is 6.41.